The summed E-state index contributed by atoms with van der Waals surface area (Å²) in [5.41, 5.74) is 1.81. The van der Waals surface area contributed by atoms with Crippen LogP contribution in [0.2, 0.25) is 0 Å². The Morgan fingerprint density at radius 3 is 2.24 bits per heavy atom. The van der Waals surface area contributed by atoms with Gasteiger partial charge in [-0.2, -0.15) is 0 Å². The van der Waals surface area contributed by atoms with E-state index in [0.717, 1.165) is 24.9 Å². The van der Waals surface area contributed by atoms with Crippen LogP contribution in [0.4, 0.5) is 0 Å². The molecule has 0 saturated heterocycles. The van der Waals surface area contributed by atoms with Gasteiger partial charge in [0.15, 0.2) is 0 Å². The summed E-state index contributed by atoms with van der Waals surface area (Å²) in [6.07, 6.45) is 2.01. The second-order valence-corrected chi connectivity index (χ2v) is 4.66. The number of benzene rings is 1. The van der Waals surface area contributed by atoms with Crippen LogP contribution in [0.3, 0.4) is 0 Å². The molecule has 0 saturated carbocycles. The first-order valence-corrected chi connectivity index (χ1v) is 7.45. The van der Waals surface area contributed by atoms with Gasteiger partial charge in [-0.1, -0.05) is 27.2 Å². The van der Waals surface area contributed by atoms with E-state index in [1.54, 1.807) is 30.1 Å². The van der Waals surface area contributed by atoms with E-state index in [0.29, 0.717) is 11.1 Å². The fourth-order valence-electron chi connectivity index (χ4n) is 1.86. The third-order valence-corrected chi connectivity index (χ3v) is 2.94. The van der Waals surface area contributed by atoms with Crippen molar-refractivity contribution in [1.82, 2.24) is 4.90 Å². The monoisotopic (exact) mass is 293 g/mol. The van der Waals surface area contributed by atoms with Crippen LogP contribution in [0.15, 0.2) is 18.2 Å². The fraction of sp³-hybridized carbons (Fsp3) is 0.529. The lowest BCUT2D eigenvalue weighted by Crippen LogP contribution is -2.28. The molecule has 1 rings (SSSR count). The van der Waals surface area contributed by atoms with Crippen LogP contribution in [0.5, 0.6) is 0 Å². The summed E-state index contributed by atoms with van der Waals surface area (Å²) in [5.74, 6) is -0.490. The third-order valence-electron chi connectivity index (χ3n) is 2.94. The predicted molar refractivity (Wildman–Crippen MR) is 85.7 cm³/mol. The average molecular weight is 293 g/mol. The maximum Gasteiger partial charge on any atom is 0.337 e. The van der Waals surface area contributed by atoms with Gasteiger partial charge in [0.2, 0.25) is 0 Å². The van der Waals surface area contributed by atoms with Gasteiger partial charge in [-0.15, -0.1) is 0 Å². The lowest BCUT2D eigenvalue weighted by atomic mass is 10.1. The number of unbranched alkanes of at least 4 members (excludes halogenated alkanes) is 1. The molecule has 118 valence electrons. The van der Waals surface area contributed by atoms with Crippen molar-refractivity contribution in [2.75, 3.05) is 20.7 Å². The smallest absolute Gasteiger partial charge is 0.337 e. The van der Waals surface area contributed by atoms with Crippen LogP contribution in [-0.4, -0.2) is 37.5 Å². The first kappa shape index (κ1) is 19.2. The molecule has 0 unspecified atom stereocenters. The Kier molecular flexibility index (Phi) is 9.10. The fourth-order valence-corrected chi connectivity index (χ4v) is 1.86. The lowest BCUT2D eigenvalue weighted by Gasteiger charge is -2.17. The van der Waals surface area contributed by atoms with Gasteiger partial charge in [0.1, 0.15) is 0 Å². The molecule has 0 spiro atoms. The van der Waals surface area contributed by atoms with Crippen molar-refractivity contribution in [3.8, 4) is 0 Å². The highest BCUT2D eigenvalue weighted by molar-refractivity contribution is 5.98. The van der Waals surface area contributed by atoms with Gasteiger partial charge in [0.05, 0.1) is 12.7 Å². The molecule has 1 amide bonds. The SMILES string of the molecule is CC.CCCCN(C)C(=O)c1cc(C)cc(C(=O)OC)c1. The van der Waals surface area contributed by atoms with E-state index < -0.39 is 5.97 Å². The molecule has 0 heterocycles. The molecule has 0 fully saturated rings. The normalized spacial score (nSPS) is 9.43. The van der Waals surface area contributed by atoms with Crippen LogP contribution in [0, 0.1) is 6.92 Å². The molecular formula is C17H27NO3. The van der Waals surface area contributed by atoms with E-state index in [4.69, 9.17) is 0 Å². The molecule has 1 aromatic carbocycles. The molecule has 0 aliphatic rings. The first-order valence-electron chi connectivity index (χ1n) is 7.45. The van der Waals surface area contributed by atoms with E-state index in [2.05, 4.69) is 11.7 Å². The minimum atomic E-state index is -0.422. The quantitative estimate of drug-likeness (QED) is 0.778. The van der Waals surface area contributed by atoms with E-state index in [-0.39, 0.29) is 5.91 Å². The first-order chi connectivity index (χ1) is 9.99. The molecule has 0 aliphatic carbocycles. The second-order valence-electron chi connectivity index (χ2n) is 4.66. The van der Waals surface area contributed by atoms with E-state index in [1.807, 2.05) is 20.8 Å². The van der Waals surface area contributed by atoms with Crippen LogP contribution >= 0.6 is 0 Å². The summed E-state index contributed by atoms with van der Waals surface area (Å²) < 4.78 is 4.69. The minimum Gasteiger partial charge on any atom is -0.465 e. The number of hydrogen-bond donors (Lipinski definition) is 0. The van der Waals surface area contributed by atoms with Crippen molar-refractivity contribution >= 4 is 11.9 Å². The summed E-state index contributed by atoms with van der Waals surface area (Å²) >= 11 is 0. The number of aryl methyl sites for hydroxylation is 1. The van der Waals surface area contributed by atoms with Gasteiger partial charge >= 0.3 is 5.97 Å². The molecule has 1 aromatic rings. The minimum absolute atomic E-state index is 0.0673. The zero-order valence-electron chi connectivity index (χ0n) is 14.0. The molecule has 4 nitrogen and oxygen atoms in total. The van der Waals surface area contributed by atoms with E-state index in [1.165, 1.54) is 7.11 Å². The summed E-state index contributed by atoms with van der Waals surface area (Å²) in [7, 11) is 3.11. The number of rotatable bonds is 5. The van der Waals surface area contributed by atoms with Crippen LogP contribution in [0.1, 0.15) is 59.9 Å². The van der Waals surface area contributed by atoms with Gasteiger partial charge < -0.3 is 9.64 Å². The molecular weight excluding hydrogens is 266 g/mol. The molecule has 0 bridgehead atoms. The Hall–Kier alpha value is -1.84. The van der Waals surface area contributed by atoms with Crippen molar-refractivity contribution in [3.05, 3.63) is 34.9 Å². The van der Waals surface area contributed by atoms with Crippen molar-refractivity contribution in [2.45, 2.75) is 40.5 Å². The maximum absolute atomic E-state index is 12.2. The average Bonchev–Trinajstić information content (AvgIpc) is 2.52. The summed E-state index contributed by atoms with van der Waals surface area (Å²) in [6.45, 7) is 8.66. The highest BCUT2D eigenvalue weighted by Gasteiger charge is 2.15. The Labute approximate surface area is 128 Å². The van der Waals surface area contributed by atoms with Gasteiger partial charge in [-0.3, -0.25) is 4.79 Å². The van der Waals surface area contributed by atoms with Crippen LogP contribution < -0.4 is 0 Å². The largest absolute Gasteiger partial charge is 0.465 e. The molecule has 0 atom stereocenters. The third kappa shape index (κ3) is 5.98. The maximum atomic E-state index is 12.2. The summed E-state index contributed by atoms with van der Waals surface area (Å²) in [4.78, 5) is 25.5. The number of carbonyl (C=O) groups excluding carboxylic acids is 2. The summed E-state index contributed by atoms with van der Waals surface area (Å²) in [6, 6.07) is 5.09. The van der Waals surface area contributed by atoms with Crippen molar-refractivity contribution < 1.29 is 14.3 Å². The van der Waals surface area contributed by atoms with Gasteiger partial charge in [0.25, 0.3) is 5.91 Å². The topological polar surface area (TPSA) is 46.6 Å². The van der Waals surface area contributed by atoms with E-state index in [9.17, 15) is 9.59 Å². The number of carbonyl (C=O) groups is 2. The van der Waals surface area contributed by atoms with E-state index >= 15 is 0 Å². The molecule has 0 aliphatic heterocycles. The number of amides is 1. The lowest BCUT2D eigenvalue weighted by molar-refractivity contribution is 0.0600. The standard InChI is InChI=1S/C15H21NO3.C2H6/c1-5-6-7-16(3)14(17)12-8-11(2)9-13(10-12)15(18)19-4;1-2/h8-10H,5-7H2,1-4H3;1-2H3. The predicted octanol–water partition coefficient (Wildman–Crippen LogP) is 3.68. The van der Waals surface area contributed by atoms with Gasteiger partial charge in [-0.05, 0) is 37.1 Å². The molecule has 21 heavy (non-hydrogen) atoms. The van der Waals surface area contributed by atoms with Crippen LogP contribution in [0.25, 0.3) is 0 Å². The number of methoxy groups -OCH3 is 1. The van der Waals surface area contributed by atoms with Crippen LogP contribution in [-0.2, 0) is 4.74 Å². The zero-order valence-corrected chi connectivity index (χ0v) is 14.0. The highest BCUT2D eigenvalue weighted by atomic mass is 16.5. The molecule has 0 radical (unpaired) electrons. The Morgan fingerprint density at radius 2 is 1.71 bits per heavy atom. The Bertz CT molecular complexity index is 469. The molecule has 0 aromatic heterocycles. The van der Waals surface area contributed by atoms with Gasteiger partial charge in [-0.25, -0.2) is 4.79 Å². The number of hydrogen-bond acceptors (Lipinski definition) is 3. The number of nitrogens with zero attached hydrogens (tertiary/aromatic N) is 1. The molecule has 0 N–H and O–H groups in total. The molecule has 4 heteroatoms. The van der Waals surface area contributed by atoms with Gasteiger partial charge in [0, 0.05) is 19.2 Å². The highest BCUT2D eigenvalue weighted by Crippen LogP contribution is 2.13. The Morgan fingerprint density at radius 1 is 1.14 bits per heavy atom. The van der Waals surface area contributed by atoms with Crippen molar-refractivity contribution in [2.24, 2.45) is 0 Å². The van der Waals surface area contributed by atoms with Crippen molar-refractivity contribution in [3.63, 3.8) is 0 Å². The summed E-state index contributed by atoms with van der Waals surface area (Å²) in [5, 5.41) is 0. The second kappa shape index (κ2) is 9.97. The Balaban J connectivity index is 0.00000191. The zero-order chi connectivity index (χ0) is 16.4. The number of ether oxygens (including phenoxy) is 1. The number of esters is 1. The van der Waals surface area contributed by atoms with Crippen molar-refractivity contribution in [1.29, 1.82) is 0 Å².